The third kappa shape index (κ3) is 5.05. The maximum atomic E-state index is 11.9. The van der Waals surface area contributed by atoms with E-state index in [0.717, 1.165) is 5.75 Å². The first kappa shape index (κ1) is 16.2. The Kier molecular flexibility index (Phi) is 5.76. The SMILES string of the molecule is CCSc1nc(/C(C#N)=N/OCC(F)(F)F)cnc1C. The zero-order valence-corrected chi connectivity index (χ0v) is 11.5. The molecule has 108 valence electrons. The molecule has 0 aromatic carbocycles. The number of nitriles is 1. The first-order valence-corrected chi connectivity index (χ1v) is 6.49. The van der Waals surface area contributed by atoms with E-state index in [0.29, 0.717) is 10.7 Å². The lowest BCUT2D eigenvalue weighted by atomic mass is 10.3. The molecule has 0 saturated heterocycles. The van der Waals surface area contributed by atoms with Gasteiger partial charge in [-0.1, -0.05) is 12.1 Å². The van der Waals surface area contributed by atoms with Crippen LogP contribution in [0.1, 0.15) is 18.3 Å². The number of oxime groups is 1. The Labute approximate surface area is 117 Å². The maximum absolute atomic E-state index is 11.9. The predicted octanol–water partition coefficient (Wildman–Crippen LogP) is 2.70. The van der Waals surface area contributed by atoms with Crippen LogP contribution in [0.5, 0.6) is 0 Å². The fourth-order valence-electron chi connectivity index (χ4n) is 1.11. The summed E-state index contributed by atoms with van der Waals surface area (Å²) >= 11 is 1.41. The molecule has 0 unspecified atom stereocenters. The van der Waals surface area contributed by atoms with Gasteiger partial charge in [-0.3, -0.25) is 4.98 Å². The highest BCUT2D eigenvalue weighted by atomic mass is 32.2. The van der Waals surface area contributed by atoms with Crippen LogP contribution in [0.25, 0.3) is 0 Å². The summed E-state index contributed by atoms with van der Waals surface area (Å²) in [4.78, 5) is 12.3. The molecule has 0 amide bonds. The van der Waals surface area contributed by atoms with E-state index in [1.807, 2.05) is 6.92 Å². The molecule has 5 nitrogen and oxygen atoms in total. The van der Waals surface area contributed by atoms with Gasteiger partial charge in [0, 0.05) is 0 Å². The summed E-state index contributed by atoms with van der Waals surface area (Å²) < 4.78 is 35.8. The van der Waals surface area contributed by atoms with Crippen LogP contribution in [-0.2, 0) is 4.84 Å². The van der Waals surface area contributed by atoms with Crippen LogP contribution in [-0.4, -0.2) is 34.2 Å². The summed E-state index contributed by atoms with van der Waals surface area (Å²) in [5.41, 5.74) is 0.407. The molecule has 0 spiro atoms. The number of thioether (sulfide) groups is 1. The minimum absolute atomic E-state index is 0.0798. The second-order valence-electron chi connectivity index (χ2n) is 3.52. The number of hydrogen-bond donors (Lipinski definition) is 0. The highest BCUT2D eigenvalue weighted by Crippen LogP contribution is 2.18. The van der Waals surface area contributed by atoms with E-state index in [2.05, 4.69) is 20.0 Å². The first-order chi connectivity index (χ1) is 9.37. The summed E-state index contributed by atoms with van der Waals surface area (Å²) in [7, 11) is 0. The van der Waals surface area contributed by atoms with Crippen LogP contribution >= 0.6 is 11.8 Å². The van der Waals surface area contributed by atoms with Gasteiger partial charge in [0.1, 0.15) is 16.8 Å². The Morgan fingerprint density at radius 1 is 1.55 bits per heavy atom. The van der Waals surface area contributed by atoms with E-state index < -0.39 is 12.8 Å². The minimum Gasteiger partial charge on any atom is -0.385 e. The fourth-order valence-corrected chi connectivity index (χ4v) is 1.81. The Hall–Kier alpha value is -1.82. The summed E-state index contributed by atoms with van der Waals surface area (Å²) in [6, 6.07) is 1.64. The number of nitrogens with zero attached hydrogens (tertiary/aromatic N) is 4. The standard InChI is InChI=1S/C11H11F3N4OS/c1-3-20-10-7(2)16-5-9(17-10)8(4-15)18-19-6-11(12,13)14/h5H,3,6H2,1-2H3/b18-8+. The number of alkyl halides is 3. The molecule has 0 aliphatic heterocycles. The van der Waals surface area contributed by atoms with Crippen molar-refractivity contribution in [1.29, 1.82) is 5.26 Å². The van der Waals surface area contributed by atoms with E-state index >= 15 is 0 Å². The van der Waals surface area contributed by atoms with Crippen molar-refractivity contribution in [3.05, 3.63) is 17.6 Å². The van der Waals surface area contributed by atoms with Crippen LogP contribution in [0.3, 0.4) is 0 Å². The first-order valence-electron chi connectivity index (χ1n) is 5.51. The Morgan fingerprint density at radius 2 is 2.25 bits per heavy atom. The quantitative estimate of drug-likeness (QED) is 0.475. The average Bonchev–Trinajstić information content (AvgIpc) is 2.37. The van der Waals surface area contributed by atoms with Gasteiger partial charge in [0.15, 0.2) is 0 Å². The molecule has 20 heavy (non-hydrogen) atoms. The summed E-state index contributed by atoms with van der Waals surface area (Å²) in [6.45, 7) is 2.11. The van der Waals surface area contributed by atoms with Crippen molar-refractivity contribution in [2.75, 3.05) is 12.4 Å². The molecule has 0 fully saturated rings. The molecule has 0 saturated carbocycles. The van der Waals surface area contributed by atoms with Crippen molar-refractivity contribution in [1.82, 2.24) is 9.97 Å². The Morgan fingerprint density at radius 3 is 2.80 bits per heavy atom. The molecule has 1 heterocycles. The molecule has 1 aromatic heterocycles. The highest BCUT2D eigenvalue weighted by molar-refractivity contribution is 7.99. The molecule has 0 radical (unpaired) electrons. The topological polar surface area (TPSA) is 71.2 Å². The van der Waals surface area contributed by atoms with Gasteiger partial charge in [-0.05, 0) is 12.7 Å². The molecule has 0 aliphatic carbocycles. The molecular weight excluding hydrogens is 293 g/mol. The predicted molar refractivity (Wildman–Crippen MR) is 67.3 cm³/mol. The highest BCUT2D eigenvalue weighted by Gasteiger charge is 2.28. The normalized spacial score (nSPS) is 12.1. The van der Waals surface area contributed by atoms with Crippen molar-refractivity contribution < 1.29 is 18.0 Å². The van der Waals surface area contributed by atoms with Gasteiger partial charge >= 0.3 is 6.18 Å². The molecule has 1 aromatic rings. The van der Waals surface area contributed by atoms with Gasteiger partial charge in [0.05, 0.1) is 11.9 Å². The van der Waals surface area contributed by atoms with Crippen molar-refractivity contribution >= 4 is 17.5 Å². The number of rotatable bonds is 5. The van der Waals surface area contributed by atoms with E-state index in [1.165, 1.54) is 18.0 Å². The summed E-state index contributed by atoms with van der Waals surface area (Å²) in [5, 5.41) is 12.6. The average molecular weight is 304 g/mol. The number of halogens is 3. The van der Waals surface area contributed by atoms with E-state index in [4.69, 9.17) is 5.26 Å². The van der Waals surface area contributed by atoms with Gasteiger partial charge < -0.3 is 4.84 Å². The fraction of sp³-hybridized carbons (Fsp3) is 0.455. The van der Waals surface area contributed by atoms with Crippen LogP contribution in [0.15, 0.2) is 16.4 Å². The van der Waals surface area contributed by atoms with Crippen molar-refractivity contribution in [2.45, 2.75) is 25.0 Å². The minimum atomic E-state index is -4.51. The van der Waals surface area contributed by atoms with Gasteiger partial charge in [0.25, 0.3) is 0 Å². The molecule has 1 rings (SSSR count). The van der Waals surface area contributed by atoms with Gasteiger partial charge in [-0.25, -0.2) is 4.98 Å². The third-order valence-corrected chi connectivity index (χ3v) is 2.87. The summed E-state index contributed by atoms with van der Waals surface area (Å²) in [6.07, 6.45) is -3.24. The van der Waals surface area contributed by atoms with Crippen molar-refractivity contribution in [2.24, 2.45) is 5.16 Å². The van der Waals surface area contributed by atoms with E-state index in [9.17, 15) is 13.2 Å². The molecule has 0 atom stereocenters. The Balaban J connectivity index is 2.93. The van der Waals surface area contributed by atoms with E-state index in [-0.39, 0.29) is 11.4 Å². The zero-order chi connectivity index (χ0) is 15.2. The Bertz CT molecular complexity index is 539. The maximum Gasteiger partial charge on any atom is 0.425 e. The smallest absolute Gasteiger partial charge is 0.385 e. The third-order valence-electron chi connectivity index (χ3n) is 1.93. The zero-order valence-electron chi connectivity index (χ0n) is 10.7. The summed E-state index contributed by atoms with van der Waals surface area (Å²) in [5.74, 6) is 0.753. The lowest BCUT2D eigenvalue weighted by molar-refractivity contribution is -0.173. The van der Waals surface area contributed by atoms with Gasteiger partial charge in [0.2, 0.25) is 12.3 Å². The van der Waals surface area contributed by atoms with Crippen molar-refractivity contribution in [3.8, 4) is 6.07 Å². The number of aromatic nitrogens is 2. The number of hydrogen-bond acceptors (Lipinski definition) is 6. The largest absolute Gasteiger partial charge is 0.425 e. The van der Waals surface area contributed by atoms with Crippen molar-refractivity contribution in [3.63, 3.8) is 0 Å². The molecule has 0 N–H and O–H groups in total. The molecule has 9 heteroatoms. The second-order valence-corrected chi connectivity index (χ2v) is 4.77. The van der Waals surface area contributed by atoms with Crippen LogP contribution in [0.4, 0.5) is 13.2 Å². The van der Waals surface area contributed by atoms with Gasteiger partial charge in [-0.15, -0.1) is 11.8 Å². The molecule has 0 bridgehead atoms. The second kappa shape index (κ2) is 7.09. The van der Waals surface area contributed by atoms with Gasteiger partial charge in [-0.2, -0.15) is 18.4 Å². The van der Waals surface area contributed by atoms with Crippen LogP contribution in [0.2, 0.25) is 0 Å². The van der Waals surface area contributed by atoms with E-state index in [1.54, 1.807) is 13.0 Å². The lowest BCUT2D eigenvalue weighted by Gasteiger charge is -2.06. The monoisotopic (exact) mass is 304 g/mol. The number of aryl methyl sites for hydroxylation is 1. The molecule has 0 aliphatic rings. The van der Waals surface area contributed by atoms with Crippen LogP contribution < -0.4 is 0 Å². The lowest BCUT2D eigenvalue weighted by Crippen LogP contribution is -2.16. The molecular formula is C11H11F3N4OS. The van der Waals surface area contributed by atoms with Crippen LogP contribution in [0, 0.1) is 18.3 Å².